The highest BCUT2D eigenvalue weighted by Gasteiger charge is 2.18. The van der Waals surface area contributed by atoms with Crippen LogP contribution in [0.25, 0.3) is 11.3 Å². The third-order valence-corrected chi connectivity index (χ3v) is 5.55. The van der Waals surface area contributed by atoms with Crippen LogP contribution < -0.4 is 28.3 Å². The molecule has 0 fully saturated rings. The summed E-state index contributed by atoms with van der Waals surface area (Å²) in [7, 11) is 4.90. The molecule has 4 rings (SSSR count). The monoisotopic (exact) mass is 524 g/mol. The summed E-state index contributed by atoms with van der Waals surface area (Å²) in [6.07, 6.45) is 12.6. The fourth-order valence-corrected chi connectivity index (χ4v) is 3.58. The van der Waals surface area contributed by atoms with Gasteiger partial charge >= 0.3 is 0 Å². The van der Waals surface area contributed by atoms with Crippen molar-refractivity contribution in [3.8, 4) is 5.75 Å². The maximum absolute atomic E-state index is 8.49. The van der Waals surface area contributed by atoms with Gasteiger partial charge in [-0.1, -0.05) is 12.1 Å². The van der Waals surface area contributed by atoms with Crippen molar-refractivity contribution in [2.24, 2.45) is 0 Å². The van der Waals surface area contributed by atoms with E-state index in [-0.39, 0.29) is 0 Å². The molecular weight excluding hydrogens is 496 g/mol. The summed E-state index contributed by atoms with van der Waals surface area (Å²) in [4.78, 5) is 2.09. The van der Waals surface area contributed by atoms with Crippen LogP contribution >= 0.6 is 0 Å². The van der Waals surface area contributed by atoms with E-state index in [1.165, 1.54) is 0 Å². The van der Waals surface area contributed by atoms with Crippen LogP contribution in [0.4, 0.5) is 5.69 Å². The second-order valence-corrected chi connectivity index (χ2v) is 9.32. The molecule has 2 aliphatic rings. The number of allylic oxidation sites excluding steroid dienone is 8. The molecule has 0 amide bonds. The van der Waals surface area contributed by atoms with E-state index >= 15 is 0 Å². The van der Waals surface area contributed by atoms with E-state index < -0.39 is 10.2 Å². The maximum atomic E-state index is 8.49. The molecule has 1 aliphatic carbocycles. The van der Waals surface area contributed by atoms with E-state index in [0.29, 0.717) is 0 Å². The molecule has 37 heavy (non-hydrogen) atoms. The lowest BCUT2D eigenvalue weighted by Gasteiger charge is -2.21. The first-order valence-corrected chi connectivity index (χ1v) is 12.5. The molecule has 0 N–H and O–H groups in total. The van der Waals surface area contributed by atoms with E-state index in [9.17, 15) is 0 Å². The summed E-state index contributed by atoms with van der Waals surface area (Å²) in [5, 5.41) is 0. The summed E-state index contributed by atoms with van der Waals surface area (Å²) in [6.45, 7) is 0. The van der Waals surface area contributed by atoms with E-state index in [1.807, 2.05) is 40.3 Å². The first-order valence-electron chi connectivity index (χ1n) is 11.2. The van der Waals surface area contributed by atoms with Gasteiger partial charge < -0.3 is 14.4 Å². The Kier molecular flexibility index (Phi) is 9.09. The molecule has 1 aliphatic heterocycles. The Hall–Kier alpha value is -3.66. The lowest BCUT2D eigenvalue weighted by atomic mass is 9.98. The van der Waals surface area contributed by atoms with E-state index in [0.717, 1.165) is 50.9 Å². The molecule has 0 unspecified atom stereocenters. The van der Waals surface area contributed by atoms with Crippen LogP contribution in [0.15, 0.2) is 96.3 Å². The lowest BCUT2D eigenvalue weighted by molar-refractivity contribution is -2.00. The van der Waals surface area contributed by atoms with Crippen molar-refractivity contribution in [3.05, 3.63) is 107 Å². The maximum Gasteiger partial charge on any atom is 0.199 e. The minimum atomic E-state index is -4.94. The Morgan fingerprint density at radius 3 is 1.81 bits per heavy atom. The Bertz CT molecular complexity index is 1270. The molecule has 0 atom stereocenters. The summed E-state index contributed by atoms with van der Waals surface area (Å²) in [6, 6.07) is 16.5. The zero-order valence-electron chi connectivity index (χ0n) is 21.3. The largest absolute Gasteiger partial charge is 0.497 e. The number of anilines is 1. The van der Waals surface area contributed by atoms with Gasteiger partial charge in [0.1, 0.15) is 31.4 Å². The van der Waals surface area contributed by atoms with Gasteiger partial charge in [0.2, 0.25) is 0 Å². The molecule has 2 aromatic carbocycles. The van der Waals surface area contributed by atoms with Gasteiger partial charge in [-0.2, -0.15) is 0 Å². The predicted molar refractivity (Wildman–Crippen MR) is 133 cm³/mol. The number of rotatable bonds is 4. The second kappa shape index (κ2) is 12.1. The lowest BCUT2D eigenvalue weighted by Crippen LogP contribution is -2.68. The van der Waals surface area contributed by atoms with Crippen molar-refractivity contribution in [2.45, 2.75) is 0 Å². The Morgan fingerprint density at radius 2 is 1.32 bits per heavy atom. The van der Waals surface area contributed by atoms with Crippen LogP contribution in [0.5, 0.6) is 5.75 Å². The quantitative estimate of drug-likeness (QED) is 0.536. The number of nitrogens with zero attached hydrogens (tertiary/aromatic N) is 2. The van der Waals surface area contributed by atoms with Crippen molar-refractivity contribution >= 4 is 22.7 Å². The predicted octanol–water partition coefficient (Wildman–Crippen LogP) is 0.553. The van der Waals surface area contributed by atoms with Crippen molar-refractivity contribution in [1.82, 2.24) is 0 Å². The minimum Gasteiger partial charge on any atom is -0.497 e. The third-order valence-electron chi connectivity index (χ3n) is 5.55. The van der Waals surface area contributed by atoms with Gasteiger partial charge in [0.05, 0.1) is 7.11 Å². The first kappa shape index (κ1) is 27.9. The smallest absolute Gasteiger partial charge is 0.199 e. The first-order chi connectivity index (χ1) is 17.4. The summed E-state index contributed by atoms with van der Waals surface area (Å²) in [5.41, 5.74) is 6.59. The second-order valence-electron chi connectivity index (χ2n) is 8.56. The number of hydrogen-bond donors (Lipinski definition) is 0. The van der Waals surface area contributed by atoms with Crippen molar-refractivity contribution in [3.63, 3.8) is 0 Å². The third kappa shape index (κ3) is 8.18. The number of halogens is 1. The average Bonchev–Trinajstić information content (AvgIpc) is 2.87. The van der Waals surface area contributed by atoms with Crippen LogP contribution in [0, 0.1) is 10.2 Å². The standard InChI is InChI=1S/C28H29N2O2.ClHO4/c1-29(2)24-12-6-21(7-13-24)27-18-23(20-10-16-26(31-5)17-11-20)19-28(32-27)22-8-14-25(15-9-22)30(3)4;2-1(3,4)5/h6-19H,1-5H3;(H,2,3,4,5)/q+1;/p-1. The molecule has 8 nitrogen and oxygen atoms in total. The van der Waals surface area contributed by atoms with Gasteiger partial charge in [0.15, 0.2) is 5.71 Å². The van der Waals surface area contributed by atoms with Gasteiger partial charge in [-0.3, -0.25) is 0 Å². The SMILES string of the molecule is COc1ccc(C2=CC(=C3C=CC(=[N+](C)C)C=C3)OC(c3ccc(N(C)C)cc3)=C2)cc1.[O-][Cl+3]([O-])([O-])[O-]. The fourth-order valence-electron chi connectivity index (χ4n) is 3.58. The van der Waals surface area contributed by atoms with Crippen LogP contribution in [-0.2, 0) is 4.74 Å². The number of benzene rings is 2. The van der Waals surface area contributed by atoms with Gasteiger partial charge in [0, 0.05) is 43.1 Å². The van der Waals surface area contributed by atoms with E-state index in [1.54, 1.807) is 7.11 Å². The molecule has 0 aromatic heterocycles. The highest BCUT2D eigenvalue weighted by atomic mass is 35.7. The molecule has 9 heteroatoms. The van der Waals surface area contributed by atoms with Gasteiger partial charge in [-0.15, -0.1) is 10.2 Å². The Balaban J connectivity index is 0.000000695. The van der Waals surface area contributed by atoms with Crippen LogP contribution in [0.2, 0.25) is 0 Å². The molecule has 0 radical (unpaired) electrons. The highest BCUT2D eigenvalue weighted by Crippen LogP contribution is 2.34. The summed E-state index contributed by atoms with van der Waals surface area (Å²) in [5.74, 6) is 2.50. The van der Waals surface area contributed by atoms with Gasteiger partial charge in [-0.05, 0) is 71.8 Å². The number of ether oxygens (including phenoxy) is 2. The molecule has 194 valence electrons. The Morgan fingerprint density at radius 1 is 0.784 bits per heavy atom. The van der Waals surface area contributed by atoms with E-state index in [4.69, 9.17) is 28.1 Å². The Labute approximate surface area is 219 Å². The van der Waals surface area contributed by atoms with Crippen molar-refractivity contribution in [2.75, 3.05) is 40.2 Å². The molecular formula is C28H29ClN2O6. The van der Waals surface area contributed by atoms with Crippen molar-refractivity contribution < 1.29 is 42.9 Å². The normalized spacial score (nSPS) is 14.8. The molecule has 0 bridgehead atoms. The molecule has 2 aromatic rings. The van der Waals surface area contributed by atoms with E-state index in [2.05, 4.69) is 82.3 Å². The topological polar surface area (TPSA) is 117 Å². The summed E-state index contributed by atoms with van der Waals surface area (Å²) < 4.78 is 47.8. The van der Waals surface area contributed by atoms with Crippen molar-refractivity contribution in [1.29, 1.82) is 0 Å². The molecule has 0 saturated heterocycles. The molecule has 0 spiro atoms. The fraction of sp³-hybridized carbons (Fsp3) is 0.179. The zero-order chi connectivity index (χ0) is 27.2. The van der Waals surface area contributed by atoms with Gasteiger partial charge in [0.25, 0.3) is 0 Å². The average molecular weight is 525 g/mol. The summed E-state index contributed by atoms with van der Waals surface area (Å²) >= 11 is 0. The van der Waals surface area contributed by atoms with Gasteiger partial charge in [-0.25, -0.2) is 23.2 Å². The minimum absolute atomic E-state index is 0.829. The zero-order valence-corrected chi connectivity index (χ0v) is 22.1. The van der Waals surface area contributed by atoms with Crippen LogP contribution in [0.3, 0.4) is 0 Å². The van der Waals surface area contributed by atoms with Crippen LogP contribution in [-0.4, -0.2) is 45.6 Å². The number of hydrogen-bond acceptors (Lipinski definition) is 7. The highest BCUT2D eigenvalue weighted by molar-refractivity contribution is 6.02. The van der Waals surface area contributed by atoms with Crippen LogP contribution in [0.1, 0.15) is 11.1 Å². The number of methoxy groups -OCH3 is 1. The molecule has 0 saturated carbocycles. The molecule has 1 heterocycles.